The third-order valence-electron chi connectivity index (χ3n) is 13.6. The first-order valence-electron chi connectivity index (χ1n) is 24.0. The number of unbranched alkanes of at least 4 members (excludes halogenated alkanes) is 2. The first kappa shape index (κ1) is 50.0. The van der Waals surface area contributed by atoms with Gasteiger partial charge >= 0.3 is 6.09 Å². The Balaban J connectivity index is 1.35. The Morgan fingerprint density at radius 1 is 0.831 bits per heavy atom. The van der Waals surface area contributed by atoms with Crippen LogP contribution in [0.4, 0.5) is 16.2 Å². The van der Waals surface area contributed by atoms with Crippen LogP contribution in [0.25, 0.3) is 10.8 Å². The van der Waals surface area contributed by atoms with Gasteiger partial charge in [0.2, 0.25) is 5.79 Å². The molecule has 8 rings (SSSR count). The van der Waals surface area contributed by atoms with Crippen LogP contribution in [0.5, 0.6) is 17.2 Å². The highest BCUT2D eigenvalue weighted by Crippen LogP contribution is 2.62. The maximum absolute atomic E-state index is 15.4. The fourth-order valence-corrected chi connectivity index (χ4v) is 10.5. The number of rotatable bonds is 23. The van der Waals surface area contributed by atoms with E-state index in [4.69, 9.17) is 28.9 Å². The number of benzene rings is 5. The molecule has 0 aromatic heterocycles. The lowest BCUT2D eigenvalue weighted by Gasteiger charge is -2.59. The summed E-state index contributed by atoms with van der Waals surface area (Å²) in [5.41, 5.74) is 3.38. The van der Waals surface area contributed by atoms with Gasteiger partial charge in [-0.15, -0.1) is 6.58 Å². The summed E-state index contributed by atoms with van der Waals surface area (Å²) in [6.07, 6.45) is 8.86. The predicted octanol–water partition coefficient (Wildman–Crippen LogP) is 10.8. The number of hydrogen-bond acceptors (Lipinski definition) is 13. The molecule has 0 radical (unpaired) electrons. The topological polar surface area (TPSA) is 206 Å². The molecular formula is C55H58N4O12. The second-order valence-electron chi connectivity index (χ2n) is 18.0. The molecule has 1 saturated carbocycles. The average molecular weight is 967 g/mol. The third kappa shape index (κ3) is 11.0. The molecule has 0 saturated heterocycles. The number of allylic oxidation sites excluding steroid dienone is 1. The van der Waals surface area contributed by atoms with Crippen molar-refractivity contribution in [3.8, 4) is 17.2 Å². The number of ether oxygens (including phenoxy) is 4. The van der Waals surface area contributed by atoms with Gasteiger partial charge in [-0.2, -0.15) is 0 Å². The maximum Gasteiger partial charge on any atom is 0.416 e. The molecule has 1 heterocycles. The SMILES string of the molecule is C=CCOc1ccc2c(c1)C1C(CCCCO)C(CCCCO)C=C3C(=NOCc4ccc([N+](=O)[O-])cc4)CC(N(Cc4cccc5ccccc45)C(=O)Oc4ccc([N+](=O)[O-])cc4)C(OCC=C)(O2)C31. The van der Waals surface area contributed by atoms with E-state index >= 15 is 4.79 Å². The lowest BCUT2D eigenvalue weighted by Crippen LogP contribution is -2.70. The standard InChI is InChI=1S/C55H58N4O12/c1-3-30-67-44-26-27-50-48(33-44)52-46(17-8-10-29-61)39(13-7-9-28-60)32-47-49(56-69-36-37-18-20-41(21-19-37)58(63)64)34-51(55(71-50,53(47)52)68-31-4-2)57(35-40-15-11-14-38-12-5-6-16-45(38)40)54(62)70-43-24-22-42(23-25-43)59(65)66/h3-6,11-12,14-16,18-27,32-33,39,46,51-53,60-61H,1-2,7-10,13,17,28-31,34-36H2. The summed E-state index contributed by atoms with van der Waals surface area (Å²) in [4.78, 5) is 45.3. The summed E-state index contributed by atoms with van der Waals surface area (Å²) < 4.78 is 26.9. The molecule has 370 valence electrons. The number of non-ortho nitro benzene ring substituents is 2. The summed E-state index contributed by atoms with van der Waals surface area (Å²) in [5.74, 6) is -1.59. The molecule has 5 aromatic carbocycles. The minimum absolute atomic E-state index is 0.00133. The van der Waals surface area contributed by atoms with Crippen LogP contribution in [0.15, 0.2) is 151 Å². The van der Waals surface area contributed by atoms with E-state index in [0.29, 0.717) is 48.5 Å². The lowest BCUT2D eigenvalue weighted by atomic mass is 9.55. The van der Waals surface area contributed by atoms with Gasteiger partial charge in [0, 0.05) is 55.4 Å². The summed E-state index contributed by atoms with van der Waals surface area (Å²) in [6, 6.07) is 29.7. The zero-order valence-electron chi connectivity index (χ0n) is 39.4. The smallest absolute Gasteiger partial charge is 0.416 e. The van der Waals surface area contributed by atoms with Gasteiger partial charge in [-0.05, 0) is 107 Å². The van der Waals surface area contributed by atoms with E-state index < -0.39 is 33.7 Å². The van der Waals surface area contributed by atoms with Gasteiger partial charge < -0.3 is 34.0 Å². The Labute approximate surface area is 411 Å². The van der Waals surface area contributed by atoms with Crippen molar-refractivity contribution in [2.45, 2.75) is 75.8 Å². The molecule has 1 amide bonds. The van der Waals surface area contributed by atoms with Crippen LogP contribution in [-0.4, -0.2) is 75.0 Å². The molecule has 3 aliphatic rings. The van der Waals surface area contributed by atoms with Crippen LogP contribution in [0.3, 0.4) is 0 Å². The number of aliphatic hydroxyl groups is 2. The lowest BCUT2D eigenvalue weighted by molar-refractivity contribution is -0.385. The van der Waals surface area contributed by atoms with Gasteiger partial charge in [0.05, 0.1) is 34.6 Å². The number of carbonyl (C=O) groups is 1. The molecule has 1 fully saturated rings. The van der Waals surface area contributed by atoms with Gasteiger partial charge in [0.1, 0.15) is 36.5 Å². The highest BCUT2D eigenvalue weighted by Gasteiger charge is 2.66. The fourth-order valence-electron chi connectivity index (χ4n) is 10.5. The minimum atomic E-state index is -1.65. The van der Waals surface area contributed by atoms with Crippen molar-refractivity contribution in [1.29, 1.82) is 0 Å². The minimum Gasteiger partial charge on any atom is -0.490 e. The van der Waals surface area contributed by atoms with E-state index in [2.05, 4.69) is 19.2 Å². The number of amides is 1. The van der Waals surface area contributed by atoms with Crippen molar-refractivity contribution in [2.75, 3.05) is 26.4 Å². The van der Waals surface area contributed by atoms with E-state index in [1.54, 1.807) is 29.2 Å². The molecule has 6 unspecified atom stereocenters. The molecule has 16 heteroatoms. The van der Waals surface area contributed by atoms with Crippen molar-refractivity contribution < 1.29 is 48.6 Å². The highest BCUT2D eigenvalue weighted by atomic mass is 16.7. The van der Waals surface area contributed by atoms with Gasteiger partial charge in [-0.3, -0.25) is 25.1 Å². The Morgan fingerprint density at radius 3 is 2.21 bits per heavy atom. The molecule has 6 atom stereocenters. The molecule has 2 aliphatic carbocycles. The summed E-state index contributed by atoms with van der Waals surface area (Å²) in [6.45, 7) is 8.20. The van der Waals surface area contributed by atoms with Crippen LogP contribution < -0.4 is 14.2 Å². The number of aliphatic hydroxyl groups excluding tert-OH is 2. The van der Waals surface area contributed by atoms with Crippen molar-refractivity contribution in [3.63, 3.8) is 0 Å². The Hall–Kier alpha value is -7.40. The van der Waals surface area contributed by atoms with Gasteiger partial charge in [-0.1, -0.05) is 85.3 Å². The Morgan fingerprint density at radius 2 is 1.51 bits per heavy atom. The molecule has 71 heavy (non-hydrogen) atoms. The van der Waals surface area contributed by atoms with Gasteiger partial charge in [0.15, 0.2) is 0 Å². The maximum atomic E-state index is 15.4. The second kappa shape index (κ2) is 23.0. The quantitative estimate of drug-likeness (QED) is 0.0271. The fraction of sp³-hybridized carbons (Fsp3) is 0.345. The second-order valence-corrected chi connectivity index (χ2v) is 18.0. The van der Waals surface area contributed by atoms with Gasteiger partial charge in [-0.25, -0.2) is 4.79 Å². The number of nitro benzene ring substituents is 2. The molecule has 5 aromatic rings. The molecule has 0 spiro atoms. The first-order chi connectivity index (χ1) is 34.6. The highest BCUT2D eigenvalue weighted by molar-refractivity contribution is 6.03. The number of hydrogen-bond donors (Lipinski definition) is 2. The number of oxime groups is 1. The van der Waals surface area contributed by atoms with Crippen LogP contribution in [0.2, 0.25) is 0 Å². The summed E-state index contributed by atoms with van der Waals surface area (Å²) in [5, 5.41) is 49.9. The zero-order valence-corrected chi connectivity index (χ0v) is 39.4. The van der Waals surface area contributed by atoms with E-state index in [1.165, 1.54) is 36.4 Å². The van der Waals surface area contributed by atoms with Crippen LogP contribution in [-0.2, 0) is 22.7 Å². The number of fused-ring (bicyclic) bond motifs is 3. The monoisotopic (exact) mass is 966 g/mol. The Bertz CT molecular complexity index is 2770. The van der Waals surface area contributed by atoms with E-state index in [1.807, 2.05) is 60.7 Å². The third-order valence-corrected chi connectivity index (χ3v) is 13.6. The summed E-state index contributed by atoms with van der Waals surface area (Å²) in [7, 11) is 0. The summed E-state index contributed by atoms with van der Waals surface area (Å²) >= 11 is 0. The predicted molar refractivity (Wildman–Crippen MR) is 267 cm³/mol. The van der Waals surface area contributed by atoms with Gasteiger partial charge in [0.25, 0.3) is 11.4 Å². The van der Waals surface area contributed by atoms with Crippen LogP contribution >= 0.6 is 0 Å². The molecule has 0 bridgehead atoms. The molecular weight excluding hydrogens is 909 g/mol. The average Bonchev–Trinajstić information content (AvgIpc) is 3.38. The number of nitrogens with zero attached hydrogens (tertiary/aromatic N) is 4. The number of carbonyl (C=O) groups excluding carboxylic acids is 1. The van der Waals surface area contributed by atoms with E-state index in [0.717, 1.165) is 40.3 Å². The van der Waals surface area contributed by atoms with E-state index in [9.17, 15) is 30.4 Å². The first-order valence-corrected chi connectivity index (χ1v) is 24.0. The van der Waals surface area contributed by atoms with Crippen LogP contribution in [0, 0.1) is 38.0 Å². The van der Waals surface area contributed by atoms with Crippen molar-refractivity contribution in [1.82, 2.24) is 4.90 Å². The van der Waals surface area contributed by atoms with E-state index in [-0.39, 0.29) is 80.9 Å². The van der Waals surface area contributed by atoms with Crippen molar-refractivity contribution >= 4 is 34.0 Å². The molecule has 16 nitrogen and oxygen atoms in total. The zero-order chi connectivity index (χ0) is 49.9. The Kier molecular flexibility index (Phi) is 16.2. The largest absolute Gasteiger partial charge is 0.490 e. The van der Waals surface area contributed by atoms with Crippen molar-refractivity contribution in [2.24, 2.45) is 22.9 Å². The molecule has 2 N–H and O–H groups in total. The van der Waals surface area contributed by atoms with Crippen molar-refractivity contribution in [3.05, 3.63) is 183 Å². The number of nitro groups is 2. The normalized spacial score (nSPS) is 21.5. The van der Waals surface area contributed by atoms with Crippen LogP contribution in [0.1, 0.15) is 67.6 Å². The molecule has 1 aliphatic heterocycles.